The number of fused-ring (bicyclic) bond motifs is 1. The molecule has 2 aliphatic rings. The van der Waals surface area contributed by atoms with Crippen LogP contribution >= 0.6 is 0 Å². The zero-order valence-electron chi connectivity index (χ0n) is 13.2. The first-order valence-electron chi connectivity index (χ1n) is 8.37. The minimum atomic E-state index is -0.698. The Kier molecular flexibility index (Phi) is 4.19. The molecule has 3 amide bonds. The Morgan fingerprint density at radius 3 is 2.68 bits per heavy atom. The summed E-state index contributed by atoms with van der Waals surface area (Å²) in [5, 5.41) is 2.99. The molecule has 1 aliphatic carbocycles. The fourth-order valence-electron chi connectivity index (χ4n) is 3.60. The predicted molar refractivity (Wildman–Crippen MR) is 85.6 cm³/mol. The van der Waals surface area contributed by atoms with Gasteiger partial charge in [0.2, 0.25) is 0 Å². The number of nitrogens with one attached hydrogen (secondary N) is 1. The maximum atomic E-state index is 12.8. The van der Waals surface area contributed by atoms with Crippen LogP contribution in [0.3, 0.4) is 0 Å². The van der Waals surface area contributed by atoms with E-state index in [9.17, 15) is 9.59 Å². The lowest BCUT2D eigenvalue weighted by Crippen LogP contribution is -2.51. The van der Waals surface area contributed by atoms with Crippen molar-refractivity contribution in [1.82, 2.24) is 10.2 Å². The quantitative estimate of drug-likeness (QED) is 0.671. The average molecular weight is 300 g/mol. The number of rotatable bonds is 5. The standard InChI is InChI=1S/C18H24N2O2/c1-2-3-4-7-12-20-16(21)18(19-17(20)22)11-10-14-8-5-6-9-15(14)13-18/h5-6,8-9H,2-4,7,10-13H2,1H3,(H,19,22). The molecule has 0 aromatic heterocycles. The van der Waals surface area contributed by atoms with Crippen LogP contribution in [0.2, 0.25) is 0 Å². The zero-order chi connectivity index (χ0) is 15.6. The van der Waals surface area contributed by atoms with E-state index in [0.29, 0.717) is 19.4 Å². The molecule has 4 heteroatoms. The van der Waals surface area contributed by atoms with Crippen LogP contribution in [-0.4, -0.2) is 28.9 Å². The van der Waals surface area contributed by atoms with Gasteiger partial charge in [0.1, 0.15) is 5.54 Å². The second kappa shape index (κ2) is 6.11. The molecule has 1 N–H and O–H groups in total. The highest BCUT2D eigenvalue weighted by Gasteiger charge is 2.51. The SMILES string of the molecule is CCCCCCN1C(=O)NC2(CCc3ccccc3C2)C1=O. The lowest BCUT2D eigenvalue weighted by Gasteiger charge is -2.32. The summed E-state index contributed by atoms with van der Waals surface area (Å²) in [7, 11) is 0. The molecule has 1 saturated heterocycles. The Morgan fingerprint density at radius 2 is 1.91 bits per heavy atom. The molecule has 118 valence electrons. The fraction of sp³-hybridized carbons (Fsp3) is 0.556. The summed E-state index contributed by atoms with van der Waals surface area (Å²) in [5.41, 5.74) is 1.79. The Labute approximate surface area is 131 Å². The number of amides is 3. The fourth-order valence-corrected chi connectivity index (χ4v) is 3.60. The zero-order valence-corrected chi connectivity index (χ0v) is 13.2. The van der Waals surface area contributed by atoms with E-state index in [0.717, 1.165) is 32.1 Å². The Balaban J connectivity index is 1.71. The van der Waals surface area contributed by atoms with Crippen molar-refractivity contribution in [3.8, 4) is 0 Å². The first-order chi connectivity index (χ1) is 10.7. The largest absolute Gasteiger partial charge is 0.325 e. The van der Waals surface area contributed by atoms with E-state index in [1.165, 1.54) is 16.0 Å². The number of carbonyl (C=O) groups is 2. The topological polar surface area (TPSA) is 49.4 Å². The third-order valence-corrected chi connectivity index (χ3v) is 4.91. The van der Waals surface area contributed by atoms with E-state index >= 15 is 0 Å². The van der Waals surface area contributed by atoms with Gasteiger partial charge in [-0.05, 0) is 30.4 Å². The lowest BCUT2D eigenvalue weighted by atomic mass is 9.78. The summed E-state index contributed by atoms with van der Waals surface area (Å²) in [6.07, 6.45) is 6.47. The van der Waals surface area contributed by atoms with Crippen molar-refractivity contribution >= 4 is 11.9 Å². The first-order valence-corrected chi connectivity index (χ1v) is 8.37. The molecule has 4 nitrogen and oxygen atoms in total. The molecule has 1 aliphatic heterocycles. The van der Waals surface area contributed by atoms with E-state index in [-0.39, 0.29) is 11.9 Å². The molecule has 0 bridgehead atoms. The summed E-state index contributed by atoms with van der Waals surface area (Å²) in [5.74, 6) is -0.0245. The summed E-state index contributed by atoms with van der Waals surface area (Å²) >= 11 is 0. The van der Waals surface area contributed by atoms with Crippen LogP contribution in [0.15, 0.2) is 24.3 Å². The van der Waals surface area contributed by atoms with Crippen molar-refractivity contribution in [3.63, 3.8) is 0 Å². The highest BCUT2D eigenvalue weighted by atomic mass is 16.2. The van der Waals surface area contributed by atoms with Gasteiger partial charge in [-0.3, -0.25) is 9.69 Å². The molecule has 1 fully saturated rings. The number of imide groups is 1. The summed E-state index contributed by atoms with van der Waals surface area (Å²) in [6, 6.07) is 8.01. The van der Waals surface area contributed by atoms with E-state index in [2.05, 4.69) is 24.4 Å². The van der Waals surface area contributed by atoms with Gasteiger partial charge in [0.15, 0.2) is 0 Å². The Bertz CT molecular complexity index is 584. The first kappa shape index (κ1) is 15.1. The van der Waals surface area contributed by atoms with Crippen LogP contribution in [0.1, 0.15) is 50.2 Å². The van der Waals surface area contributed by atoms with Gasteiger partial charge >= 0.3 is 6.03 Å². The van der Waals surface area contributed by atoms with Gasteiger partial charge in [0, 0.05) is 13.0 Å². The molecule has 1 aromatic rings. The molecule has 1 unspecified atom stereocenters. The number of nitrogens with zero attached hydrogens (tertiary/aromatic N) is 1. The minimum Gasteiger partial charge on any atom is -0.323 e. The highest BCUT2D eigenvalue weighted by molar-refractivity contribution is 6.07. The van der Waals surface area contributed by atoms with Crippen LogP contribution in [0, 0.1) is 0 Å². The predicted octanol–water partition coefficient (Wildman–Crippen LogP) is 3.05. The maximum absolute atomic E-state index is 12.8. The van der Waals surface area contributed by atoms with Crippen molar-refractivity contribution in [3.05, 3.63) is 35.4 Å². The second-order valence-corrected chi connectivity index (χ2v) is 6.48. The molecule has 22 heavy (non-hydrogen) atoms. The maximum Gasteiger partial charge on any atom is 0.325 e. The average Bonchev–Trinajstić information content (AvgIpc) is 2.75. The molecule has 3 rings (SSSR count). The summed E-state index contributed by atoms with van der Waals surface area (Å²) in [6.45, 7) is 2.70. The summed E-state index contributed by atoms with van der Waals surface area (Å²) in [4.78, 5) is 26.5. The molecule has 1 spiro atoms. The number of unbranched alkanes of at least 4 members (excludes halogenated alkanes) is 3. The van der Waals surface area contributed by atoms with Gasteiger partial charge in [-0.25, -0.2) is 4.79 Å². The number of benzene rings is 1. The van der Waals surface area contributed by atoms with Crippen molar-refractivity contribution in [2.45, 2.75) is 57.4 Å². The van der Waals surface area contributed by atoms with Crippen molar-refractivity contribution in [2.24, 2.45) is 0 Å². The van der Waals surface area contributed by atoms with Crippen molar-refractivity contribution in [1.29, 1.82) is 0 Å². The molecule has 0 saturated carbocycles. The van der Waals surface area contributed by atoms with Crippen LogP contribution in [0.25, 0.3) is 0 Å². The third kappa shape index (κ3) is 2.62. The second-order valence-electron chi connectivity index (χ2n) is 6.48. The van der Waals surface area contributed by atoms with Gasteiger partial charge in [0.05, 0.1) is 0 Å². The van der Waals surface area contributed by atoms with E-state index in [4.69, 9.17) is 0 Å². The van der Waals surface area contributed by atoms with Gasteiger partial charge in [-0.2, -0.15) is 0 Å². The molecular formula is C18H24N2O2. The van der Waals surface area contributed by atoms with Crippen LogP contribution in [-0.2, 0) is 17.6 Å². The van der Waals surface area contributed by atoms with E-state index in [1.54, 1.807) is 0 Å². The molecule has 1 aromatic carbocycles. The number of urea groups is 1. The van der Waals surface area contributed by atoms with Crippen molar-refractivity contribution < 1.29 is 9.59 Å². The Morgan fingerprint density at radius 1 is 1.14 bits per heavy atom. The normalized spacial score (nSPS) is 23.8. The van der Waals surface area contributed by atoms with Gasteiger partial charge < -0.3 is 5.32 Å². The van der Waals surface area contributed by atoms with Crippen LogP contribution in [0.5, 0.6) is 0 Å². The van der Waals surface area contributed by atoms with Gasteiger partial charge in [-0.15, -0.1) is 0 Å². The number of aryl methyl sites for hydroxylation is 1. The molecule has 1 atom stereocenters. The number of hydrogen-bond donors (Lipinski definition) is 1. The number of carbonyl (C=O) groups excluding carboxylic acids is 2. The molecule has 0 radical (unpaired) electrons. The van der Waals surface area contributed by atoms with Gasteiger partial charge in [-0.1, -0.05) is 50.5 Å². The van der Waals surface area contributed by atoms with E-state index in [1.807, 2.05) is 12.1 Å². The van der Waals surface area contributed by atoms with E-state index < -0.39 is 5.54 Å². The monoisotopic (exact) mass is 300 g/mol. The minimum absolute atomic E-state index is 0.0245. The van der Waals surface area contributed by atoms with Crippen LogP contribution in [0.4, 0.5) is 4.79 Å². The lowest BCUT2D eigenvalue weighted by molar-refractivity contribution is -0.131. The molecular weight excluding hydrogens is 276 g/mol. The highest BCUT2D eigenvalue weighted by Crippen LogP contribution is 2.33. The third-order valence-electron chi connectivity index (χ3n) is 4.91. The van der Waals surface area contributed by atoms with Gasteiger partial charge in [0.25, 0.3) is 5.91 Å². The Hall–Kier alpha value is -1.84. The van der Waals surface area contributed by atoms with Crippen molar-refractivity contribution in [2.75, 3.05) is 6.54 Å². The van der Waals surface area contributed by atoms with Crippen LogP contribution < -0.4 is 5.32 Å². The number of hydrogen-bond acceptors (Lipinski definition) is 2. The summed E-state index contributed by atoms with van der Waals surface area (Å²) < 4.78 is 0. The molecule has 1 heterocycles. The smallest absolute Gasteiger partial charge is 0.323 e.